The summed E-state index contributed by atoms with van der Waals surface area (Å²) in [6, 6.07) is 3.73. The van der Waals surface area contributed by atoms with E-state index in [1.165, 1.54) is 0 Å². The molecule has 0 saturated carbocycles. The van der Waals surface area contributed by atoms with Gasteiger partial charge in [0, 0.05) is 24.2 Å². The number of methoxy groups -OCH3 is 1. The molecule has 0 radical (unpaired) electrons. The van der Waals surface area contributed by atoms with Gasteiger partial charge in [-0.05, 0) is 25.0 Å². The van der Waals surface area contributed by atoms with Gasteiger partial charge in [-0.2, -0.15) is 0 Å². The number of anilines is 1. The molecule has 0 spiro atoms. The summed E-state index contributed by atoms with van der Waals surface area (Å²) < 4.78 is 5.20. The number of aliphatic hydroxyl groups excluding tert-OH is 1. The molecule has 15 heavy (non-hydrogen) atoms. The Labute approximate surface area is 95.0 Å². The van der Waals surface area contributed by atoms with Crippen molar-refractivity contribution in [2.75, 3.05) is 25.6 Å². The maximum Gasteiger partial charge on any atom is 0.143 e. The second-order valence-corrected chi connectivity index (χ2v) is 3.71. The first-order valence-electron chi connectivity index (χ1n) is 4.88. The molecule has 0 fully saturated rings. The van der Waals surface area contributed by atoms with E-state index in [1.54, 1.807) is 13.2 Å². The molecular formula is C11H16ClNO2. The lowest BCUT2D eigenvalue weighted by Crippen LogP contribution is -2.05. The van der Waals surface area contributed by atoms with Gasteiger partial charge in [-0.3, -0.25) is 0 Å². The third-order valence-corrected chi connectivity index (χ3v) is 2.54. The van der Waals surface area contributed by atoms with E-state index in [1.807, 2.05) is 13.0 Å². The topological polar surface area (TPSA) is 41.5 Å². The van der Waals surface area contributed by atoms with Crippen LogP contribution in [0.3, 0.4) is 0 Å². The van der Waals surface area contributed by atoms with Crippen LogP contribution in [0.4, 0.5) is 5.69 Å². The summed E-state index contributed by atoms with van der Waals surface area (Å²) in [6.45, 7) is 2.84. The second-order valence-electron chi connectivity index (χ2n) is 3.31. The van der Waals surface area contributed by atoms with Gasteiger partial charge in [0.25, 0.3) is 0 Å². The zero-order chi connectivity index (χ0) is 11.3. The van der Waals surface area contributed by atoms with Gasteiger partial charge < -0.3 is 15.2 Å². The molecular weight excluding hydrogens is 214 g/mol. The van der Waals surface area contributed by atoms with Crippen molar-refractivity contribution in [3.05, 3.63) is 22.7 Å². The Bertz CT molecular complexity index is 329. The predicted molar refractivity (Wildman–Crippen MR) is 62.9 cm³/mol. The van der Waals surface area contributed by atoms with Gasteiger partial charge in [0.15, 0.2) is 0 Å². The molecule has 1 aromatic carbocycles. The zero-order valence-corrected chi connectivity index (χ0v) is 9.77. The van der Waals surface area contributed by atoms with E-state index in [9.17, 15) is 0 Å². The monoisotopic (exact) mass is 229 g/mol. The molecule has 0 aromatic heterocycles. The second kappa shape index (κ2) is 5.83. The summed E-state index contributed by atoms with van der Waals surface area (Å²) in [7, 11) is 1.61. The van der Waals surface area contributed by atoms with Crippen LogP contribution in [0.1, 0.15) is 12.0 Å². The number of halogens is 1. The van der Waals surface area contributed by atoms with E-state index in [2.05, 4.69) is 5.32 Å². The minimum Gasteiger partial charge on any atom is -0.495 e. The fraction of sp³-hybridized carbons (Fsp3) is 0.455. The Balaban J connectivity index is 2.80. The predicted octanol–water partition coefficient (Wildman–Crippen LogP) is 2.45. The molecule has 0 aliphatic carbocycles. The molecule has 2 N–H and O–H groups in total. The number of benzene rings is 1. The van der Waals surface area contributed by atoms with Crippen LogP contribution in [-0.4, -0.2) is 25.4 Å². The first kappa shape index (κ1) is 12.1. The number of ether oxygens (including phenoxy) is 1. The summed E-state index contributed by atoms with van der Waals surface area (Å²) >= 11 is 5.98. The van der Waals surface area contributed by atoms with Crippen LogP contribution >= 0.6 is 11.6 Å². The third kappa shape index (κ3) is 3.29. The quantitative estimate of drug-likeness (QED) is 0.763. The highest BCUT2D eigenvalue weighted by molar-refractivity contribution is 6.31. The van der Waals surface area contributed by atoms with E-state index >= 15 is 0 Å². The van der Waals surface area contributed by atoms with Gasteiger partial charge in [-0.15, -0.1) is 0 Å². The number of hydrogen-bond donors (Lipinski definition) is 2. The molecule has 4 heteroatoms. The van der Waals surface area contributed by atoms with Crippen molar-refractivity contribution in [2.24, 2.45) is 0 Å². The van der Waals surface area contributed by atoms with Gasteiger partial charge in [0.2, 0.25) is 0 Å². The SMILES string of the molecule is COc1cc(Cl)c(C)cc1NCCCO. The standard InChI is InChI=1S/C11H16ClNO2/c1-8-6-10(13-4-3-5-14)11(15-2)7-9(8)12/h6-7,13-14H,3-5H2,1-2H3. The molecule has 0 bridgehead atoms. The van der Waals surface area contributed by atoms with Crippen molar-refractivity contribution < 1.29 is 9.84 Å². The molecule has 1 rings (SSSR count). The maximum atomic E-state index is 8.68. The summed E-state index contributed by atoms with van der Waals surface area (Å²) in [6.07, 6.45) is 0.713. The highest BCUT2D eigenvalue weighted by Gasteiger charge is 2.05. The Morgan fingerprint density at radius 3 is 2.80 bits per heavy atom. The van der Waals surface area contributed by atoms with Crippen molar-refractivity contribution in [3.63, 3.8) is 0 Å². The lowest BCUT2D eigenvalue weighted by Gasteiger charge is -2.12. The molecule has 0 atom stereocenters. The van der Waals surface area contributed by atoms with E-state index < -0.39 is 0 Å². The van der Waals surface area contributed by atoms with E-state index in [4.69, 9.17) is 21.4 Å². The first-order valence-corrected chi connectivity index (χ1v) is 5.25. The molecule has 0 aliphatic rings. The average Bonchev–Trinajstić information content (AvgIpc) is 2.23. The Kier molecular flexibility index (Phi) is 4.72. The van der Waals surface area contributed by atoms with Gasteiger partial charge in [0.05, 0.1) is 12.8 Å². The van der Waals surface area contributed by atoms with E-state index in [-0.39, 0.29) is 6.61 Å². The summed E-state index contributed by atoms with van der Waals surface area (Å²) in [4.78, 5) is 0. The maximum absolute atomic E-state index is 8.68. The summed E-state index contributed by atoms with van der Waals surface area (Å²) in [5.74, 6) is 0.725. The minimum absolute atomic E-state index is 0.182. The molecule has 0 amide bonds. The Morgan fingerprint density at radius 2 is 2.20 bits per heavy atom. The molecule has 84 valence electrons. The minimum atomic E-state index is 0.182. The summed E-state index contributed by atoms with van der Waals surface area (Å²) in [5.41, 5.74) is 1.91. The molecule has 0 unspecified atom stereocenters. The fourth-order valence-electron chi connectivity index (χ4n) is 1.27. The van der Waals surface area contributed by atoms with Crippen LogP contribution < -0.4 is 10.1 Å². The summed E-state index contributed by atoms with van der Waals surface area (Å²) in [5, 5.41) is 12.6. The molecule has 0 aliphatic heterocycles. The van der Waals surface area contributed by atoms with Crippen molar-refractivity contribution >= 4 is 17.3 Å². The van der Waals surface area contributed by atoms with Crippen LogP contribution in [0, 0.1) is 6.92 Å². The van der Waals surface area contributed by atoms with Crippen molar-refractivity contribution in [3.8, 4) is 5.75 Å². The number of hydrogen-bond acceptors (Lipinski definition) is 3. The van der Waals surface area contributed by atoms with Gasteiger partial charge >= 0.3 is 0 Å². The van der Waals surface area contributed by atoms with Crippen molar-refractivity contribution in [1.82, 2.24) is 0 Å². The third-order valence-electron chi connectivity index (χ3n) is 2.13. The van der Waals surface area contributed by atoms with Gasteiger partial charge in [0.1, 0.15) is 5.75 Å². The number of aliphatic hydroxyl groups is 1. The average molecular weight is 230 g/mol. The Hall–Kier alpha value is -0.930. The fourth-order valence-corrected chi connectivity index (χ4v) is 1.43. The normalized spacial score (nSPS) is 10.1. The largest absolute Gasteiger partial charge is 0.495 e. The van der Waals surface area contributed by atoms with Crippen LogP contribution in [0.15, 0.2) is 12.1 Å². The van der Waals surface area contributed by atoms with Crippen LogP contribution in [0.5, 0.6) is 5.75 Å². The van der Waals surface area contributed by atoms with Gasteiger partial charge in [-0.25, -0.2) is 0 Å². The lowest BCUT2D eigenvalue weighted by molar-refractivity contribution is 0.292. The molecule has 3 nitrogen and oxygen atoms in total. The molecule has 1 aromatic rings. The van der Waals surface area contributed by atoms with Crippen molar-refractivity contribution in [1.29, 1.82) is 0 Å². The zero-order valence-electron chi connectivity index (χ0n) is 9.01. The molecule has 0 saturated heterocycles. The van der Waals surface area contributed by atoms with Gasteiger partial charge in [-0.1, -0.05) is 11.6 Å². The van der Waals surface area contributed by atoms with Crippen LogP contribution in [0.25, 0.3) is 0 Å². The van der Waals surface area contributed by atoms with Crippen molar-refractivity contribution in [2.45, 2.75) is 13.3 Å². The first-order chi connectivity index (χ1) is 7.19. The molecule has 0 heterocycles. The Morgan fingerprint density at radius 1 is 1.47 bits per heavy atom. The van der Waals surface area contributed by atoms with Crippen LogP contribution in [0.2, 0.25) is 5.02 Å². The highest BCUT2D eigenvalue weighted by atomic mass is 35.5. The van der Waals surface area contributed by atoms with Crippen LogP contribution in [-0.2, 0) is 0 Å². The van der Waals surface area contributed by atoms with E-state index in [0.29, 0.717) is 18.0 Å². The highest BCUT2D eigenvalue weighted by Crippen LogP contribution is 2.30. The number of rotatable bonds is 5. The number of nitrogens with one attached hydrogen (secondary N) is 1. The van der Waals surface area contributed by atoms with E-state index in [0.717, 1.165) is 17.0 Å². The lowest BCUT2D eigenvalue weighted by atomic mass is 10.2. The smallest absolute Gasteiger partial charge is 0.143 e. The number of aryl methyl sites for hydroxylation is 1.